The third-order valence-electron chi connectivity index (χ3n) is 11.4. The zero-order valence-electron chi connectivity index (χ0n) is 36.9. The molecule has 2 aliphatic heterocycles. The van der Waals surface area contributed by atoms with Crippen molar-refractivity contribution >= 4 is 55.3 Å². The summed E-state index contributed by atoms with van der Waals surface area (Å²) in [5.41, 5.74) is -0.383. The molecule has 2 amide bonds. The second kappa shape index (κ2) is 19.5. The second-order valence-corrected chi connectivity index (χ2v) is 23.0. The molecule has 0 radical (unpaired) electrons. The number of hydrogen-bond donors (Lipinski definition) is 2. The monoisotopic (exact) mass is 920 g/mol. The van der Waals surface area contributed by atoms with Gasteiger partial charge in [-0.05, 0) is 47.0 Å². The summed E-state index contributed by atoms with van der Waals surface area (Å²) >= 11 is 0. The number of nitrogens with zero attached hydrogens (tertiary/aromatic N) is 4. The Kier molecular flexibility index (Phi) is 13.7. The highest BCUT2D eigenvalue weighted by molar-refractivity contribution is 7.55. The van der Waals surface area contributed by atoms with Crippen molar-refractivity contribution in [2.75, 3.05) is 31.7 Å². The van der Waals surface area contributed by atoms with Crippen LogP contribution in [0.5, 0.6) is 0 Å². The Hall–Kier alpha value is -5.62. The fourth-order valence-corrected chi connectivity index (χ4v) is 15.0. The van der Waals surface area contributed by atoms with Crippen molar-refractivity contribution in [1.29, 1.82) is 0 Å². The number of nitrogens with one attached hydrogen (secondary N) is 2. The van der Waals surface area contributed by atoms with E-state index in [0.717, 1.165) is 15.9 Å². The molecule has 0 spiro atoms. The number of carbonyl (C=O) groups excluding carboxylic acids is 2. The molecule has 2 fully saturated rings. The molecule has 2 saturated heterocycles. The van der Waals surface area contributed by atoms with E-state index in [2.05, 4.69) is 70.6 Å². The van der Waals surface area contributed by atoms with E-state index in [-0.39, 0.29) is 48.7 Å². The predicted octanol–water partition coefficient (Wildman–Crippen LogP) is 7.18. The van der Waals surface area contributed by atoms with Gasteiger partial charge in [0.15, 0.2) is 23.2 Å². The zero-order valence-corrected chi connectivity index (χ0v) is 38.8. The topological polar surface area (TPSA) is 183 Å². The highest BCUT2D eigenvalue weighted by atomic mass is 31.2. The summed E-state index contributed by atoms with van der Waals surface area (Å²) in [6, 6.07) is 38.3. The Morgan fingerprint density at radius 1 is 0.800 bits per heavy atom. The van der Waals surface area contributed by atoms with Crippen LogP contribution in [0, 0.1) is 0 Å². The van der Waals surface area contributed by atoms with Gasteiger partial charge in [-0.15, -0.1) is 0 Å². The first-order chi connectivity index (χ1) is 31.4. The number of fused-ring (bicyclic) bond motifs is 2. The third kappa shape index (κ3) is 9.15. The number of benzene rings is 4. The first-order valence-corrected chi connectivity index (χ1v) is 25.0. The Morgan fingerprint density at radius 2 is 1.38 bits per heavy atom. The van der Waals surface area contributed by atoms with Crippen LogP contribution in [-0.4, -0.2) is 90.0 Å². The number of carbonyl (C=O) groups is 2. The minimum Gasteiger partial charge on any atom is -0.445 e. The number of hydrogen-bond acceptors (Lipinski definition) is 13. The largest absolute Gasteiger partial charge is 0.445 e. The van der Waals surface area contributed by atoms with Gasteiger partial charge in [0.1, 0.15) is 31.2 Å². The number of amides is 2. The van der Waals surface area contributed by atoms with Gasteiger partial charge in [0.2, 0.25) is 0 Å². The number of ether oxygens (including phenoxy) is 4. The molecule has 0 bridgehead atoms. The fourth-order valence-electron chi connectivity index (χ4n) is 8.50. The summed E-state index contributed by atoms with van der Waals surface area (Å²) in [6.07, 6.45) is -1.89. The summed E-state index contributed by atoms with van der Waals surface area (Å²) in [4.78, 5) is 40.2. The molecule has 18 heteroatoms. The van der Waals surface area contributed by atoms with E-state index >= 15 is 4.57 Å². The van der Waals surface area contributed by atoms with Crippen molar-refractivity contribution in [3.63, 3.8) is 0 Å². The minimum atomic E-state index is -4.39. The molecule has 2 N–H and O–H groups in total. The number of aromatic nitrogens is 4. The second-order valence-electron chi connectivity index (χ2n) is 16.5. The number of rotatable bonds is 17. The van der Waals surface area contributed by atoms with Gasteiger partial charge >= 0.3 is 13.7 Å². The van der Waals surface area contributed by atoms with Crippen molar-refractivity contribution in [2.45, 2.75) is 76.3 Å². The van der Waals surface area contributed by atoms with Gasteiger partial charge in [0.05, 0.1) is 32.7 Å². The number of alkyl carbamates (subject to hydrolysis) is 1. The van der Waals surface area contributed by atoms with Crippen molar-refractivity contribution in [1.82, 2.24) is 24.8 Å². The quantitative estimate of drug-likeness (QED) is 0.0694. The molecule has 2 aromatic heterocycles. The lowest BCUT2D eigenvalue weighted by Gasteiger charge is -2.43. The van der Waals surface area contributed by atoms with Crippen LogP contribution in [-0.2, 0) is 43.6 Å². The normalized spacial score (nSPS) is 20.9. The average molecular weight is 921 g/mol. The van der Waals surface area contributed by atoms with E-state index < -0.39 is 58.6 Å². The van der Waals surface area contributed by atoms with Crippen molar-refractivity contribution in [3.05, 3.63) is 145 Å². The molecular formula is C47H53N6O10PSi. The van der Waals surface area contributed by atoms with Gasteiger partial charge < -0.3 is 43.1 Å². The molecule has 6 aromatic rings. The van der Waals surface area contributed by atoms with Gasteiger partial charge in [-0.1, -0.05) is 130 Å². The summed E-state index contributed by atoms with van der Waals surface area (Å²) in [6.45, 7) is 9.33. The smallest absolute Gasteiger partial charge is 0.407 e. The molecule has 4 aromatic carbocycles. The maximum absolute atomic E-state index is 15.1. The predicted molar refractivity (Wildman–Crippen MR) is 245 cm³/mol. The molecule has 5 atom stereocenters. The van der Waals surface area contributed by atoms with Gasteiger partial charge in [-0.25, -0.2) is 19.7 Å². The van der Waals surface area contributed by atoms with Crippen LogP contribution in [0.2, 0.25) is 5.04 Å². The summed E-state index contributed by atoms with van der Waals surface area (Å²) in [5.74, 6) is -0.204. The standard InChI is InChI=1S/C47H53N6O10PSi/c1-6-58-64(56,59-7-2)47(30-48-45(55)57-28-33-20-12-8-13-21-33)62-39-37(29-60-65(46(3,4)5,35-24-16-10-17-25-35)36-26-18-11-19-27-36)61-44(40(39)63-47)53-32-51-38-41(49-31-50-42(38)53)52-43(54)34-22-14-9-15-23-34/h8-27,31-32,37,39-40,44H,6-7,28-30H2,1-5H3,(H,48,55)(H,49,50,52,54)/t37-,39-,40-,44-,47+/m1/s1. The number of anilines is 1. The van der Waals surface area contributed by atoms with Crippen LogP contribution < -0.4 is 21.0 Å². The Labute approximate surface area is 378 Å². The third-order valence-corrected chi connectivity index (χ3v) is 18.8. The molecule has 16 nitrogen and oxygen atoms in total. The first-order valence-electron chi connectivity index (χ1n) is 21.6. The van der Waals surface area contributed by atoms with Crippen LogP contribution >= 0.6 is 7.60 Å². The molecule has 340 valence electrons. The summed E-state index contributed by atoms with van der Waals surface area (Å²) in [7, 11) is -7.53. The molecule has 2 aliphatic rings. The average Bonchev–Trinajstić information content (AvgIpc) is 4.02. The van der Waals surface area contributed by atoms with Crippen molar-refractivity contribution in [3.8, 4) is 0 Å². The van der Waals surface area contributed by atoms with Crippen molar-refractivity contribution in [2.24, 2.45) is 0 Å². The Bertz CT molecular complexity index is 2560. The van der Waals surface area contributed by atoms with Gasteiger partial charge in [0.25, 0.3) is 19.8 Å². The molecule has 65 heavy (non-hydrogen) atoms. The molecular weight excluding hydrogens is 868 g/mol. The Balaban J connectivity index is 1.18. The minimum absolute atomic E-state index is 0.00447. The molecule has 0 aliphatic carbocycles. The van der Waals surface area contributed by atoms with E-state index in [4.69, 9.17) is 32.4 Å². The van der Waals surface area contributed by atoms with E-state index in [1.807, 2.05) is 72.8 Å². The van der Waals surface area contributed by atoms with Gasteiger partial charge in [-0.3, -0.25) is 13.9 Å². The molecule has 0 unspecified atom stereocenters. The SMILES string of the molecule is CCOP(=O)(OCC)[C@]1(CNC(=O)OCc2ccccc2)O[C@@H]2[C@H](O1)[C@@H](CO[Si](c1ccccc1)(c1ccccc1)C(C)(C)C)O[C@H]2n1cnc2c(NC(=O)c3ccccc3)ncnc21. The summed E-state index contributed by atoms with van der Waals surface area (Å²) in [5, 5.41) is 7.29. The Morgan fingerprint density at radius 3 is 1.98 bits per heavy atom. The highest BCUT2D eigenvalue weighted by Crippen LogP contribution is 2.65. The molecule has 4 heterocycles. The lowest BCUT2D eigenvalue weighted by molar-refractivity contribution is -0.181. The van der Waals surface area contributed by atoms with Crippen LogP contribution in [0.15, 0.2) is 134 Å². The van der Waals surface area contributed by atoms with Crippen LogP contribution in [0.1, 0.15) is 56.8 Å². The van der Waals surface area contributed by atoms with Crippen LogP contribution in [0.3, 0.4) is 0 Å². The zero-order chi connectivity index (χ0) is 45.7. The van der Waals surface area contributed by atoms with Crippen molar-refractivity contribution < 1.29 is 46.6 Å². The first kappa shape index (κ1) is 45.9. The lowest BCUT2D eigenvalue weighted by Crippen LogP contribution is -2.67. The van der Waals surface area contributed by atoms with E-state index in [1.165, 1.54) is 12.7 Å². The van der Waals surface area contributed by atoms with E-state index in [0.29, 0.717) is 11.2 Å². The van der Waals surface area contributed by atoms with Crippen LogP contribution in [0.25, 0.3) is 11.2 Å². The fraction of sp³-hybridized carbons (Fsp3) is 0.340. The lowest BCUT2D eigenvalue weighted by atomic mass is 10.1. The number of imidazole rings is 1. The molecule has 0 saturated carbocycles. The van der Waals surface area contributed by atoms with Gasteiger partial charge in [-0.2, -0.15) is 0 Å². The summed E-state index contributed by atoms with van der Waals surface area (Å²) < 4.78 is 62.2. The maximum atomic E-state index is 15.1. The van der Waals surface area contributed by atoms with Crippen LogP contribution in [0.4, 0.5) is 10.6 Å². The van der Waals surface area contributed by atoms with Gasteiger partial charge in [0, 0.05) is 5.56 Å². The maximum Gasteiger partial charge on any atom is 0.407 e. The molecule has 8 rings (SSSR count). The highest BCUT2D eigenvalue weighted by Gasteiger charge is 2.68. The van der Waals surface area contributed by atoms with E-state index in [9.17, 15) is 9.59 Å². The van der Waals surface area contributed by atoms with E-state index in [1.54, 1.807) is 42.7 Å².